The van der Waals surface area contributed by atoms with Crippen molar-refractivity contribution >= 4 is 29.7 Å². The second-order valence-electron chi connectivity index (χ2n) is 4.24. The first-order valence-corrected chi connectivity index (χ1v) is 7.19. The Bertz CT molecular complexity index is 336. The molecule has 0 rings (SSSR count). The summed E-state index contributed by atoms with van der Waals surface area (Å²) in [5.41, 5.74) is 0. The van der Waals surface area contributed by atoms with Gasteiger partial charge in [0.1, 0.15) is 12.1 Å². The van der Waals surface area contributed by atoms with Crippen LogP contribution in [0.3, 0.4) is 0 Å². The molecule has 3 amide bonds. The quantitative estimate of drug-likeness (QED) is 0.612. The van der Waals surface area contributed by atoms with Gasteiger partial charge < -0.3 is 20.6 Å². The third-order valence-electron chi connectivity index (χ3n) is 2.37. The van der Waals surface area contributed by atoms with Gasteiger partial charge in [0.25, 0.3) is 0 Å². The molecule has 2 atom stereocenters. The van der Waals surface area contributed by atoms with Crippen LogP contribution in [0.2, 0.25) is 0 Å². The van der Waals surface area contributed by atoms with Crippen LogP contribution in [0.15, 0.2) is 0 Å². The molecule has 0 bridgehead atoms. The van der Waals surface area contributed by atoms with Crippen LogP contribution in [0.4, 0.5) is 4.79 Å². The average Bonchev–Trinajstić information content (AvgIpc) is 2.32. The van der Waals surface area contributed by atoms with Gasteiger partial charge in [0.05, 0.1) is 0 Å². The van der Waals surface area contributed by atoms with Gasteiger partial charge >= 0.3 is 12.0 Å². The Hall–Kier alpha value is -1.44. The van der Waals surface area contributed by atoms with Crippen molar-refractivity contribution in [2.45, 2.75) is 25.4 Å². The molecule has 0 aliphatic carbocycles. The van der Waals surface area contributed by atoms with E-state index in [2.05, 4.69) is 10.6 Å². The number of carboxylic acid groups (broad SMARTS) is 1. The summed E-state index contributed by atoms with van der Waals surface area (Å²) in [6, 6.07) is -2.31. The highest BCUT2D eigenvalue weighted by molar-refractivity contribution is 7.98. The van der Waals surface area contributed by atoms with Gasteiger partial charge in [-0.3, -0.25) is 4.79 Å². The third-order valence-corrected chi connectivity index (χ3v) is 3.02. The maximum absolute atomic E-state index is 11.6. The molecule has 0 aliphatic heterocycles. The number of thioether (sulfide) groups is 1. The summed E-state index contributed by atoms with van der Waals surface area (Å²) in [4.78, 5) is 35.4. The average molecular weight is 291 g/mol. The molecular weight excluding hydrogens is 270 g/mol. The lowest BCUT2D eigenvalue weighted by Gasteiger charge is -2.20. The Morgan fingerprint density at radius 3 is 2.26 bits per heavy atom. The Morgan fingerprint density at radius 1 is 1.26 bits per heavy atom. The van der Waals surface area contributed by atoms with Crippen molar-refractivity contribution in [3.05, 3.63) is 0 Å². The molecule has 2 unspecified atom stereocenters. The first-order chi connectivity index (χ1) is 8.79. The summed E-state index contributed by atoms with van der Waals surface area (Å²) in [6.45, 7) is 1.54. The number of nitrogens with one attached hydrogen (secondary N) is 2. The van der Waals surface area contributed by atoms with Crippen LogP contribution in [-0.2, 0) is 9.59 Å². The van der Waals surface area contributed by atoms with Crippen molar-refractivity contribution in [2.75, 3.05) is 26.1 Å². The molecular formula is C11H21N3O4S. The molecule has 19 heavy (non-hydrogen) atoms. The molecule has 3 N–H and O–H groups in total. The van der Waals surface area contributed by atoms with E-state index in [-0.39, 0.29) is 5.91 Å². The van der Waals surface area contributed by atoms with Crippen LogP contribution >= 0.6 is 11.8 Å². The van der Waals surface area contributed by atoms with E-state index in [9.17, 15) is 14.4 Å². The Balaban J connectivity index is 4.33. The molecule has 7 nitrogen and oxygen atoms in total. The van der Waals surface area contributed by atoms with Crippen molar-refractivity contribution in [1.29, 1.82) is 0 Å². The molecule has 0 radical (unpaired) electrons. The number of hydrogen-bond acceptors (Lipinski definition) is 4. The highest BCUT2D eigenvalue weighted by atomic mass is 32.2. The summed E-state index contributed by atoms with van der Waals surface area (Å²) >= 11 is 1.50. The molecule has 0 aromatic rings. The van der Waals surface area contributed by atoms with Gasteiger partial charge in [0, 0.05) is 14.1 Å². The van der Waals surface area contributed by atoms with E-state index >= 15 is 0 Å². The van der Waals surface area contributed by atoms with Crippen molar-refractivity contribution in [3.8, 4) is 0 Å². The van der Waals surface area contributed by atoms with Gasteiger partial charge in [-0.25, -0.2) is 9.59 Å². The SMILES string of the molecule is CSCCC(NC(=O)NC(C)C(=O)N(C)C)C(=O)O. The van der Waals surface area contributed by atoms with Gasteiger partial charge in [-0.2, -0.15) is 11.8 Å². The predicted octanol–water partition coefficient (Wildman–Crippen LogP) is -0.0314. The number of carboxylic acids is 1. The van der Waals surface area contributed by atoms with Crippen molar-refractivity contribution in [1.82, 2.24) is 15.5 Å². The van der Waals surface area contributed by atoms with E-state index in [0.29, 0.717) is 12.2 Å². The summed E-state index contributed by atoms with van der Waals surface area (Å²) in [5, 5.41) is 13.7. The predicted molar refractivity (Wildman–Crippen MR) is 74.2 cm³/mol. The fraction of sp³-hybridized carbons (Fsp3) is 0.727. The van der Waals surface area contributed by atoms with E-state index in [1.165, 1.54) is 16.7 Å². The minimum absolute atomic E-state index is 0.258. The van der Waals surface area contributed by atoms with Crippen LogP contribution in [0.5, 0.6) is 0 Å². The van der Waals surface area contributed by atoms with Crippen LogP contribution in [0.25, 0.3) is 0 Å². The first-order valence-electron chi connectivity index (χ1n) is 5.79. The summed E-state index contributed by atoms with van der Waals surface area (Å²) in [6.07, 6.45) is 2.19. The van der Waals surface area contributed by atoms with Crippen LogP contribution < -0.4 is 10.6 Å². The van der Waals surface area contributed by atoms with E-state index in [0.717, 1.165) is 0 Å². The number of nitrogens with zero attached hydrogens (tertiary/aromatic N) is 1. The molecule has 110 valence electrons. The standard InChI is InChI=1S/C11H21N3O4S/c1-7(9(15)14(2)3)12-11(18)13-8(10(16)17)5-6-19-4/h7-8H,5-6H2,1-4H3,(H,16,17)(H2,12,13,18). The highest BCUT2D eigenvalue weighted by Crippen LogP contribution is 2.01. The highest BCUT2D eigenvalue weighted by Gasteiger charge is 2.22. The lowest BCUT2D eigenvalue weighted by Crippen LogP contribution is -2.52. The zero-order chi connectivity index (χ0) is 15.0. The topological polar surface area (TPSA) is 98.7 Å². The molecule has 0 saturated heterocycles. The van der Waals surface area contributed by atoms with Crippen molar-refractivity contribution in [2.24, 2.45) is 0 Å². The number of carbonyl (C=O) groups excluding carboxylic acids is 2. The molecule has 0 aliphatic rings. The van der Waals surface area contributed by atoms with Gasteiger partial charge in [0.2, 0.25) is 5.91 Å². The smallest absolute Gasteiger partial charge is 0.326 e. The molecule has 0 aromatic carbocycles. The van der Waals surface area contributed by atoms with Gasteiger partial charge in [-0.1, -0.05) is 0 Å². The largest absolute Gasteiger partial charge is 0.480 e. The maximum atomic E-state index is 11.6. The molecule has 0 heterocycles. The second kappa shape index (κ2) is 8.63. The number of likely N-dealkylation sites (N-methyl/N-ethyl adjacent to an activating group) is 1. The minimum atomic E-state index is -1.09. The monoisotopic (exact) mass is 291 g/mol. The van der Waals surface area contributed by atoms with Crippen molar-refractivity contribution in [3.63, 3.8) is 0 Å². The number of rotatable bonds is 7. The number of urea groups is 1. The van der Waals surface area contributed by atoms with Crippen molar-refractivity contribution < 1.29 is 19.5 Å². The third kappa shape index (κ3) is 6.90. The number of hydrogen-bond donors (Lipinski definition) is 3. The first kappa shape index (κ1) is 17.6. The molecule has 0 fully saturated rings. The normalized spacial score (nSPS) is 13.3. The van der Waals surface area contributed by atoms with Gasteiger partial charge in [-0.15, -0.1) is 0 Å². The lowest BCUT2D eigenvalue weighted by molar-refractivity contribution is -0.139. The van der Waals surface area contributed by atoms with E-state index in [1.54, 1.807) is 21.0 Å². The minimum Gasteiger partial charge on any atom is -0.480 e. The molecule has 0 spiro atoms. The molecule has 0 saturated carbocycles. The molecule has 0 aromatic heterocycles. The maximum Gasteiger partial charge on any atom is 0.326 e. The Morgan fingerprint density at radius 2 is 1.84 bits per heavy atom. The van der Waals surface area contributed by atoms with E-state index < -0.39 is 24.1 Å². The van der Waals surface area contributed by atoms with Crippen LogP contribution in [-0.4, -0.2) is 66.1 Å². The summed E-state index contributed by atoms with van der Waals surface area (Å²) < 4.78 is 0. The zero-order valence-corrected chi connectivity index (χ0v) is 12.4. The van der Waals surface area contributed by atoms with E-state index in [4.69, 9.17) is 5.11 Å². The van der Waals surface area contributed by atoms with Gasteiger partial charge in [0.15, 0.2) is 0 Å². The lowest BCUT2D eigenvalue weighted by atomic mass is 10.2. The number of carbonyl (C=O) groups is 3. The summed E-state index contributed by atoms with van der Waals surface area (Å²) in [5.74, 6) is -0.717. The van der Waals surface area contributed by atoms with Crippen LogP contribution in [0.1, 0.15) is 13.3 Å². The van der Waals surface area contributed by atoms with Crippen LogP contribution in [0, 0.1) is 0 Å². The van der Waals surface area contributed by atoms with Gasteiger partial charge in [-0.05, 0) is 25.4 Å². The second-order valence-corrected chi connectivity index (χ2v) is 5.23. The van der Waals surface area contributed by atoms with E-state index in [1.807, 2.05) is 6.26 Å². The Kier molecular flexibility index (Phi) is 7.97. The molecule has 8 heteroatoms. The zero-order valence-electron chi connectivity index (χ0n) is 11.6. The number of aliphatic carboxylic acids is 1. The number of amides is 3. The Labute approximate surface area is 117 Å². The fourth-order valence-corrected chi connectivity index (χ4v) is 1.81. The fourth-order valence-electron chi connectivity index (χ4n) is 1.34. The summed E-state index contributed by atoms with van der Waals surface area (Å²) in [7, 11) is 3.16.